The molecule has 2 aromatic heterocycles. The Labute approximate surface area is 109 Å². The van der Waals surface area contributed by atoms with E-state index < -0.39 is 0 Å². The van der Waals surface area contributed by atoms with Gasteiger partial charge in [-0.05, 0) is 24.3 Å². The van der Waals surface area contributed by atoms with Gasteiger partial charge in [0.05, 0.1) is 0 Å². The summed E-state index contributed by atoms with van der Waals surface area (Å²) in [5, 5.41) is 13.5. The number of phenolic OH excluding ortho intramolecular Hbond substituents is 1. The molecular formula is C13H13N5O. The number of hydrogen-bond acceptors (Lipinski definition) is 5. The molecule has 1 aromatic carbocycles. The third kappa shape index (κ3) is 1.77. The molecule has 0 unspecified atom stereocenters. The van der Waals surface area contributed by atoms with Crippen molar-refractivity contribution in [3.05, 3.63) is 36.4 Å². The summed E-state index contributed by atoms with van der Waals surface area (Å²) in [6.07, 6.45) is 2.17. The summed E-state index contributed by atoms with van der Waals surface area (Å²) in [4.78, 5) is 8.58. The van der Waals surface area contributed by atoms with Gasteiger partial charge in [-0.15, -0.1) is 0 Å². The van der Waals surface area contributed by atoms with Crippen LogP contribution >= 0.6 is 0 Å². The Morgan fingerprint density at radius 2 is 2.00 bits per heavy atom. The first-order chi connectivity index (χ1) is 9.20. The zero-order chi connectivity index (χ0) is 13.4. The van der Waals surface area contributed by atoms with Gasteiger partial charge in [0.2, 0.25) is 0 Å². The third-order valence-electron chi connectivity index (χ3n) is 2.98. The summed E-state index contributed by atoms with van der Waals surface area (Å²) < 4.78 is 1.71. The van der Waals surface area contributed by atoms with Gasteiger partial charge < -0.3 is 10.8 Å². The number of anilines is 1. The maximum atomic E-state index is 9.35. The number of aromatic nitrogens is 4. The van der Waals surface area contributed by atoms with Crippen molar-refractivity contribution >= 4 is 11.3 Å². The first kappa shape index (κ1) is 11.5. The molecule has 0 aliphatic heterocycles. The van der Waals surface area contributed by atoms with Crippen LogP contribution < -0.4 is 5.73 Å². The summed E-state index contributed by atoms with van der Waals surface area (Å²) >= 11 is 0. The highest BCUT2D eigenvalue weighted by molar-refractivity contribution is 5.84. The first-order valence-corrected chi connectivity index (χ1v) is 5.98. The molecule has 0 aliphatic carbocycles. The molecule has 0 saturated heterocycles. The molecule has 3 aromatic rings. The molecule has 0 bridgehead atoms. The standard InChI is InChI=1S/C13H13N5O/c1-2-10-17-11(8-3-5-9(19)6-4-8)12-13(14)15-7-16-18(10)12/h3-7,19H,2H2,1H3,(H2,14,15,16). The van der Waals surface area contributed by atoms with Gasteiger partial charge in [-0.2, -0.15) is 5.10 Å². The minimum atomic E-state index is 0.215. The third-order valence-corrected chi connectivity index (χ3v) is 2.98. The van der Waals surface area contributed by atoms with E-state index in [1.54, 1.807) is 28.8 Å². The normalized spacial score (nSPS) is 11.0. The van der Waals surface area contributed by atoms with E-state index in [0.29, 0.717) is 11.3 Å². The van der Waals surface area contributed by atoms with Gasteiger partial charge in [0, 0.05) is 12.0 Å². The van der Waals surface area contributed by atoms with Crippen LogP contribution in [0.3, 0.4) is 0 Å². The van der Waals surface area contributed by atoms with E-state index in [0.717, 1.165) is 23.5 Å². The van der Waals surface area contributed by atoms with Crippen molar-refractivity contribution in [2.75, 3.05) is 5.73 Å². The van der Waals surface area contributed by atoms with Crippen LogP contribution in [0.5, 0.6) is 5.75 Å². The van der Waals surface area contributed by atoms with E-state index in [2.05, 4.69) is 15.1 Å². The van der Waals surface area contributed by atoms with E-state index in [4.69, 9.17) is 5.73 Å². The van der Waals surface area contributed by atoms with Gasteiger partial charge in [-0.1, -0.05) is 6.92 Å². The molecule has 0 saturated carbocycles. The summed E-state index contributed by atoms with van der Waals surface area (Å²) in [5.74, 6) is 1.43. The summed E-state index contributed by atoms with van der Waals surface area (Å²) in [5.41, 5.74) is 8.23. The van der Waals surface area contributed by atoms with E-state index in [9.17, 15) is 5.11 Å². The Balaban J connectivity index is 2.32. The quantitative estimate of drug-likeness (QED) is 0.726. The highest BCUT2D eigenvalue weighted by atomic mass is 16.3. The lowest BCUT2D eigenvalue weighted by Crippen LogP contribution is -2.01. The second kappa shape index (κ2) is 4.24. The fraction of sp³-hybridized carbons (Fsp3) is 0.154. The number of nitrogens with two attached hydrogens (primary N) is 1. The summed E-state index contributed by atoms with van der Waals surface area (Å²) in [6.45, 7) is 2.01. The van der Waals surface area contributed by atoms with Crippen molar-refractivity contribution in [3.63, 3.8) is 0 Å². The van der Waals surface area contributed by atoms with Crippen LogP contribution in [0.4, 0.5) is 5.82 Å². The lowest BCUT2D eigenvalue weighted by atomic mass is 10.1. The molecule has 96 valence electrons. The fourth-order valence-corrected chi connectivity index (χ4v) is 2.06. The zero-order valence-electron chi connectivity index (χ0n) is 10.4. The molecule has 2 heterocycles. The van der Waals surface area contributed by atoms with Gasteiger partial charge in [-0.25, -0.2) is 14.5 Å². The molecule has 3 rings (SSSR count). The number of rotatable bonds is 2. The molecule has 3 N–H and O–H groups in total. The average Bonchev–Trinajstić information content (AvgIpc) is 2.80. The van der Waals surface area contributed by atoms with Crippen molar-refractivity contribution in [2.45, 2.75) is 13.3 Å². The van der Waals surface area contributed by atoms with Crippen LogP contribution in [-0.2, 0) is 6.42 Å². The van der Waals surface area contributed by atoms with E-state index in [1.165, 1.54) is 6.33 Å². The predicted molar refractivity (Wildman–Crippen MR) is 71.7 cm³/mol. The number of aromatic hydroxyl groups is 1. The number of fused-ring (bicyclic) bond motifs is 1. The Bertz CT molecular complexity index is 733. The van der Waals surface area contributed by atoms with Crippen LogP contribution in [0, 0.1) is 0 Å². The number of nitrogens with zero attached hydrogens (tertiary/aromatic N) is 4. The van der Waals surface area contributed by atoms with Gasteiger partial charge in [0.15, 0.2) is 5.82 Å². The number of benzene rings is 1. The maximum absolute atomic E-state index is 9.35. The lowest BCUT2D eigenvalue weighted by molar-refractivity contribution is 0.475. The molecular weight excluding hydrogens is 242 g/mol. The topological polar surface area (TPSA) is 89.3 Å². The molecule has 6 nitrogen and oxygen atoms in total. The van der Waals surface area contributed by atoms with Gasteiger partial charge in [-0.3, -0.25) is 0 Å². The number of nitrogen functional groups attached to an aromatic ring is 1. The Morgan fingerprint density at radius 3 is 2.68 bits per heavy atom. The maximum Gasteiger partial charge on any atom is 0.153 e. The van der Waals surface area contributed by atoms with Crippen LogP contribution in [0.15, 0.2) is 30.6 Å². The molecule has 0 amide bonds. The molecule has 6 heteroatoms. The molecule has 19 heavy (non-hydrogen) atoms. The molecule has 0 atom stereocenters. The molecule has 0 spiro atoms. The van der Waals surface area contributed by atoms with Crippen LogP contribution in [0.2, 0.25) is 0 Å². The number of imidazole rings is 1. The number of hydrogen-bond donors (Lipinski definition) is 2. The number of phenols is 1. The predicted octanol–water partition coefficient (Wildman–Crippen LogP) is 1.64. The number of aryl methyl sites for hydroxylation is 1. The lowest BCUT2D eigenvalue weighted by Gasteiger charge is -2.01. The summed E-state index contributed by atoms with van der Waals surface area (Å²) in [7, 11) is 0. The minimum absolute atomic E-state index is 0.215. The largest absolute Gasteiger partial charge is 0.508 e. The van der Waals surface area contributed by atoms with E-state index in [1.807, 2.05) is 6.92 Å². The Morgan fingerprint density at radius 1 is 1.26 bits per heavy atom. The molecule has 0 aliphatic rings. The van der Waals surface area contributed by atoms with Crippen molar-refractivity contribution in [2.24, 2.45) is 0 Å². The van der Waals surface area contributed by atoms with Crippen molar-refractivity contribution < 1.29 is 5.11 Å². The van der Waals surface area contributed by atoms with Crippen LogP contribution in [0.25, 0.3) is 16.8 Å². The molecule has 0 radical (unpaired) electrons. The van der Waals surface area contributed by atoms with Gasteiger partial charge in [0.1, 0.15) is 29.1 Å². The zero-order valence-corrected chi connectivity index (χ0v) is 10.4. The van der Waals surface area contributed by atoms with E-state index >= 15 is 0 Å². The SMILES string of the molecule is CCc1nc(-c2ccc(O)cc2)c2c(N)ncnn12. The highest BCUT2D eigenvalue weighted by Gasteiger charge is 2.15. The fourth-order valence-electron chi connectivity index (χ4n) is 2.06. The Hall–Kier alpha value is -2.63. The molecule has 0 fully saturated rings. The first-order valence-electron chi connectivity index (χ1n) is 5.98. The highest BCUT2D eigenvalue weighted by Crippen LogP contribution is 2.28. The van der Waals surface area contributed by atoms with Crippen LogP contribution in [0.1, 0.15) is 12.7 Å². The van der Waals surface area contributed by atoms with Gasteiger partial charge in [0.25, 0.3) is 0 Å². The second-order valence-electron chi connectivity index (χ2n) is 4.18. The summed E-state index contributed by atoms with van der Waals surface area (Å²) in [6, 6.07) is 6.82. The second-order valence-corrected chi connectivity index (χ2v) is 4.18. The van der Waals surface area contributed by atoms with Gasteiger partial charge >= 0.3 is 0 Å². The minimum Gasteiger partial charge on any atom is -0.508 e. The smallest absolute Gasteiger partial charge is 0.153 e. The van der Waals surface area contributed by atoms with Crippen LogP contribution in [-0.4, -0.2) is 24.7 Å². The van der Waals surface area contributed by atoms with Crippen molar-refractivity contribution in [1.82, 2.24) is 19.6 Å². The van der Waals surface area contributed by atoms with E-state index in [-0.39, 0.29) is 5.75 Å². The van der Waals surface area contributed by atoms with Crippen molar-refractivity contribution in [1.29, 1.82) is 0 Å². The monoisotopic (exact) mass is 255 g/mol. The Kier molecular flexibility index (Phi) is 2.56. The van der Waals surface area contributed by atoms with Crippen molar-refractivity contribution in [3.8, 4) is 17.0 Å². The average molecular weight is 255 g/mol.